The summed E-state index contributed by atoms with van der Waals surface area (Å²) < 4.78 is 0. The predicted molar refractivity (Wildman–Crippen MR) is 70.0 cm³/mol. The van der Waals surface area contributed by atoms with E-state index in [0.29, 0.717) is 6.54 Å². The molecule has 3 nitrogen and oxygen atoms in total. The number of hydrogen-bond acceptors (Lipinski definition) is 4. The molecule has 16 heavy (non-hydrogen) atoms. The van der Waals surface area contributed by atoms with Gasteiger partial charge in [-0.1, -0.05) is 13.3 Å². The van der Waals surface area contributed by atoms with Crippen LogP contribution in [0, 0.1) is 5.92 Å². The summed E-state index contributed by atoms with van der Waals surface area (Å²) in [6.45, 7) is 3.92. The normalized spacial score (nSPS) is 16.2. The third-order valence-corrected chi connectivity index (χ3v) is 4.60. The first kappa shape index (κ1) is 11.9. The van der Waals surface area contributed by atoms with Gasteiger partial charge in [-0.25, -0.2) is 4.98 Å². The maximum absolute atomic E-state index is 5.73. The Morgan fingerprint density at radius 1 is 1.50 bits per heavy atom. The van der Waals surface area contributed by atoms with Crippen LogP contribution in [0.1, 0.15) is 36.8 Å². The minimum atomic E-state index is 0.623. The highest BCUT2D eigenvalue weighted by Crippen LogP contribution is 2.31. The van der Waals surface area contributed by atoms with E-state index in [0.717, 1.165) is 24.0 Å². The van der Waals surface area contributed by atoms with Gasteiger partial charge in [-0.2, -0.15) is 0 Å². The monoisotopic (exact) mass is 239 g/mol. The van der Waals surface area contributed by atoms with Gasteiger partial charge < -0.3 is 10.6 Å². The molecule has 0 unspecified atom stereocenters. The number of nitrogens with zero attached hydrogens (tertiary/aromatic N) is 2. The summed E-state index contributed by atoms with van der Waals surface area (Å²) in [6, 6.07) is 0. The molecule has 1 aromatic heterocycles. The molecule has 1 aromatic rings. The van der Waals surface area contributed by atoms with E-state index < -0.39 is 0 Å². The first-order valence-electron chi connectivity index (χ1n) is 6.14. The van der Waals surface area contributed by atoms with E-state index in [4.69, 9.17) is 5.73 Å². The number of aryl methyl sites for hydroxylation is 1. The quantitative estimate of drug-likeness (QED) is 0.858. The smallest absolute Gasteiger partial charge is 0.185 e. The van der Waals surface area contributed by atoms with Gasteiger partial charge in [0.05, 0.1) is 5.69 Å². The summed E-state index contributed by atoms with van der Waals surface area (Å²) in [4.78, 5) is 8.22. The second kappa shape index (κ2) is 5.15. The molecule has 90 valence electrons. The molecule has 1 aliphatic rings. The Morgan fingerprint density at radius 2 is 2.25 bits per heavy atom. The first-order chi connectivity index (χ1) is 7.74. The molecule has 0 aromatic carbocycles. The average molecular weight is 239 g/mol. The molecule has 1 saturated carbocycles. The van der Waals surface area contributed by atoms with Gasteiger partial charge in [0.1, 0.15) is 0 Å². The van der Waals surface area contributed by atoms with E-state index in [1.165, 1.54) is 29.8 Å². The number of nitrogens with two attached hydrogens (primary N) is 1. The maximum Gasteiger partial charge on any atom is 0.185 e. The molecule has 0 bridgehead atoms. The number of rotatable bonds is 5. The Hall–Kier alpha value is -0.610. The zero-order valence-electron chi connectivity index (χ0n) is 10.2. The van der Waals surface area contributed by atoms with Crippen molar-refractivity contribution >= 4 is 16.5 Å². The van der Waals surface area contributed by atoms with E-state index in [1.807, 2.05) is 0 Å². The van der Waals surface area contributed by atoms with Crippen LogP contribution in [-0.4, -0.2) is 18.6 Å². The molecular formula is C12H21N3S. The zero-order chi connectivity index (χ0) is 11.5. The standard InChI is InChI=1S/C12H21N3S/c1-3-10-11(7-13)16-12(14-10)15(2)8-9-5-4-6-9/h9H,3-8,13H2,1-2H3. The number of aromatic nitrogens is 1. The van der Waals surface area contributed by atoms with Crippen LogP contribution in [-0.2, 0) is 13.0 Å². The minimum absolute atomic E-state index is 0.623. The first-order valence-corrected chi connectivity index (χ1v) is 6.96. The van der Waals surface area contributed by atoms with Crippen LogP contribution in [0.2, 0.25) is 0 Å². The molecular weight excluding hydrogens is 218 g/mol. The Balaban J connectivity index is 2.03. The Kier molecular flexibility index (Phi) is 3.82. The van der Waals surface area contributed by atoms with Gasteiger partial charge in [0.15, 0.2) is 5.13 Å². The van der Waals surface area contributed by atoms with Crippen LogP contribution in [0.25, 0.3) is 0 Å². The summed E-state index contributed by atoms with van der Waals surface area (Å²) in [5, 5.41) is 1.14. The molecule has 0 radical (unpaired) electrons. The summed E-state index contributed by atoms with van der Waals surface area (Å²) >= 11 is 1.76. The van der Waals surface area contributed by atoms with E-state index >= 15 is 0 Å². The van der Waals surface area contributed by atoms with Gasteiger partial charge in [0.2, 0.25) is 0 Å². The third-order valence-electron chi connectivity index (χ3n) is 3.37. The van der Waals surface area contributed by atoms with Crippen molar-refractivity contribution < 1.29 is 0 Å². The van der Waals surface area contributed by atoms with Crippen molar-refractivity contribution in [2.75, 3.05) is 18.5 Å². The van der Waals surface area contributed by atoms with E-state index in [1.54, 1.807) is 11.3 Å². The second-order valence-electron chi connectivity index (χ2n) is 4.60. The van der Waals surface area contributed by atoms with E-state index in [-0.39, 0.29) is 0 Å². The van der Waals surface area contributed by atoms with Gasteiger partial charge in [-0.3, -0.25) is 0 Å². The SMILES string of the molecule is CCc1nc(N(C)CC2CCC2)sc1CN. The molecule has 2 N–H and O–H groups in total. The highest BCUT2D eigenvalue weighted by atomic mass is 32.1. The van der Waals surface area contributed by atoms with Gasteiger partial charge in [-0.05, 0) is 25.2 Å². The lowest BCUT2D eigenvalue weighted by Gasteiger charge is -2.29. The fourth-order valence-electron chi connectivity index (χ4n) is 2.11. The Bertz CT molecular complexity index is 323. The largest absolute Gasteiger partial charge is 0.351 e. The van der Waals surface area contributed by atoms with Gasteiger partial charge >= 0.3 is 0 Å². The van der Waals surface area contributed by atoms with Crippen LogP contribution < -0.4 is 10.6 Å². The molecule has 4 heteroatoms. The molecule has 1 fully saturated rings. The van der Waals surface area contributed by atoms with Crippen molar-refractivity contribution in [3.05, 3.63) is 10.6 Å². The summed E-state index contributed by atoms with van der Waals surface area (Å²) in [7, 11) is 2.15. The summed E-state index contributed by atoms with van der Waals surface area (Å²) in [5.41, 5.74) is 6.91. The number of anilines is 1. The molecule has 0 aliphatic heterocycles. The fraction of sp³-hybridized carbons (Fsp3) is 0.750. The summed E-state index contributed by atoms with van der Waals surface area (Å²) in [6.07, 6.45) is 5.17. The zero-order valence-corrected chi connectivity index (χ0v) is 11.0. The lowest BCUT2D eigenvalue weighted by Crippen LogP contribution is -2.29. The molecule has 1 aliphatic carbocycles. The highest BCUT2D eigenvalue weighted by Gasteiger charge is 2.21. The molecule has 2 rings (SSSR count). The highest BCUT2D eigenvalue weighted by molar-refractivity contribution is 7.15. The Morgan fingerprint density at radius 3 is 2.69 bits per heavy atom. The summed E-state index contributed by atoms with van der Waals surface area (Å²) in [5.74, 6) is 0.889. The van der Waals surface area contributed by atoms with E-state index in [2.05, 4.69) is 23.9 Å². The fourth-order valence-corrected chi connectivity index (χ4v) is 3.11. The van der Waals surface area contributed by atoms with Crippen molar-refractivity contribution in [1.82, 2.24) is 4.98 Å². The average Bonchev–Trinajstić information content (AvgIpc) is 2.66. The van der Waals surface area contributed by atoms with Crippen molar-refractivity contribution in [1.29, 1.82) is 0 Å². The van der Waals surface area contributed by atoms with Crippen molar-refractivity contribution in [2.24, 2.45) is 11.7 Å². The van der Waals surface area contributed by atoms with Crippen LogP contribution in [0.4, 0.5) is 5.13 Å². The Labute approximate surface area is 102 Å². The lowest BCUT2D eigenvalue weighted by atomic mass is 9.85. The van der Waals surface area contributed by atoms with Crippen molar-refractivity contribution in [3.8, 4) is 0 Å². The topological polar surface area (TPSA) is 42.2 Å². The van der Waals surface area contributed by atoms with Crippen molar-refractivity contribution in [3.63, 3.8) is 0 Å². The minimum Gasteiger partial charge on any atom is -0.351 e. The number of thiazole rings is 1. The predicted octanol–water partition coefficient (Wildman–Crippen LogP) is 2.40. The van der Waals surface area contributed by atoms with Crippen LogP contribution in [0.5, 0.6) is 0 Å². The lowest BCUT2D eigenvalue weighted by molar-refractivity contribution is 0.321. The van der Waals surface area contributed by atoms with Crippen LogP contribution >= 0.6 is 11.3 Å². The number of hydrogen-bond donors (Lipinski definition) is 1. The molecule has 0 amide bonds. The van der Waals surface area contributed by atoms with Crippen molar-refractivity contribution in [2.45, 2.75) is 39.2 Å². The molecule has 0 atom stereocenters. The molecule has 0 saturated heterocycles. The van der Waals surface area contributed by atoms with E-state index in [9.17, 15) is 0 Å². The van der Waals surface area contributed by atoms with Crippen LogP contribution in [0.15, 0.2) is 0 Å². The van der Waals surface area contributed by atoms with Crippen LogP contribution in [0.3, 0.4) is 0 Å². The third kappa shape index (κ3) is 2.38. The second-order valence-corrected chi connectivity index (χ2v) is 5.66. The maximum atomic E-state index is 5.73. The molecule has 0 spiro atoms. The molecule has 1 heterocycles. The van der Waals surface area contributed by atoms with Gasteiger partial charge in [-0.15, -0.1) is 11.3 Å². The van der Waals surface area contributed by atoms with Gasteiger partial charge in [0, 0.05) is 25.0 Å². The van der Waals surface area contributed by atoms with Gasteiger partial charge in [0.25, 0.3) is 0 Å².